The number of furan rings is 1. The topological polar surface area (TPSA) is 76.7 Å². The maximum Gasteiger partial charge on any atom is 0.373 e. The van der Waals surface area contributed by atoms with Crippen LogP contribution >= 0.6 is 0 Å². The molecular weight excluding hydrogens is 164 g/mol. The summed E-state index contributed by atoms with van der Waals surface area (Å²) in [5.41, 5.74) is -0.0737. The molecule has 5 nitrogen and oxygen atoms in total. The lowest BCUT2D eigenvalue weighted by atomic mass is 10.3. The molecule has 1 N–H and O–H groups in total. The number of esters is 1. The normalized spacial score (nSPS) is 9.42. The molecule has 0 aliphatic rings. The summed E-state index contributed by atoms with van der Waals surface area (Å²) in [7, 11) is 1.19. The number of carbonyl (C=O) groups is 2. The van der Waals surface area contributed by atoms with Crippen LogP contribution in [0.2, 0.25) is 0 Å². The Kier molecular flexibility index (Phi) is 2.14. The zero-order valence-electron chi connectivity index (χ0n) is 6.23. The highest BCUT2D eigenvalue weighted by Gasteiger charge is 2.14. The van der Waals surface area contributed by atoms with Gasteiger partial charge in [-0.15, -0.1) is 0 Å². The first kappa shape index (κ1) is 8.32. The quantitative estimate of drug-likeness (QED) is 0.663. The first-order valence-electron chi connectivity index (χ1n) is 3.05. The van der Waals surface area contributed by atoms with Crippen molar-refractivity contribution in [3.8, 4) is 0 Å². The van der Waals surface area contributed by atoms with Gasteiger partial charge in [-0.1, -0.05) is 0 Å². The molecule has 0 fully saturated rings. The summed E-state index contributed by atoms with van der Waals surface area (Å²) in [5, 5.41) is 8.44. The average Bonchev–Trinajstić information content (AvgIpc) is 2.51. The molecule has 0 saturated carbocycles. The number of carboxylic acid groups (broad SMARTS) is 1. The van der Waals surface area contributed by atoms with Crippen LogP contribution in [0.4, 0.5) is 0 Å². The minimum Gasteiger partial charge on any atom is -0.478 e. The van der Waals surface area contributed by atoms with Crippen molar-refractivity contribution in [1.82, 2.24) is 0 Å². The third-order valence-corrected chi connectivity index (χ3v) is 1.23. The summed E-state index contributed by atoms with van der Waals surface area (Å²) >= 11 is 0. The molecule has 64 valence electrons. The fourth-order valence-corrected chi connectivity index (χ4v) is 0.656. The Bertz CT molecular complexity index is 311. The molecule has 1 aromatic heterocycles. The second kappa shape index (κ2) is 3.08. The van der Waals surface area contributed by atoms with Gasteiger partial charge in [-0.3, -0.25) is 0 Å². The predicted molar refractivity (Wildman–Crippen MR) is 37.0 cm³/mol. The largest absolute Gasteiger partial charge is 0.478 e. The Hall–Kier alpha value is -1.78. The van der Waals surface area contributed by atoms with Crippen LogP contribution in [0.1, 0.15) is 20.9 Å². The Labute approximate surface area is 67.6 Å². The van der Waals surface area contributed by atoms with Gasteiger partial charge in [0.1, 0.15) is 6.26 Å². The van der Waals surface area contributed by atoms with Gasteiger partial charge in [0, 0.05) is 6.07 Å². The highest BCUT2D eigenvalue weighted by atomic mass is 16.5. The van der Waals surface area contributed by atoms with Gasteiger partial charge < -0.3 is 14.3 Å². The maximum atomic E-state index is 10.7. The van der Waals surface area contributed by atoms with E-state index in [2.05, 4.69) is 9.15 Å². The number of ether oxygens (including phenoxy) is 1. The van der Waals surface area contributed by atoms with E-state index < -0.39 is 11.9 Å². The van der Waals surface area contributed by atoms with Crippen molar-refractivity contribution >= 4 is 11.9 Å². The van der Waals surface area contributed by atoms with Gasteiger partial charge in [0.15, 0.2) is 0 Å². The highest BCUT2D eigenvalue weighted by molar-refractivity contribution is 5.92. The van der Waals surface area contributed by atoms with Crippen LogP contribution in [0, 0.1) is 0 Å². The lowest BCUT2D eigenvalue weighted by molar-refractivity contribution is 0.0564. The molecule has 0 aliphatic heterocycles. The molecule has 0 unspecified atom stereocenters. The summed E-state index contributed by atoms with van der Waals surface area (Å²) in [6, 6.07) is 1.11. The number of carbonyl (C=O) groups excluding carboxylic acids is 1. The number of aromatic carboxylic acids is 1. The van der Waals surface area contributed by atoms with Crippen molar-refractivity contribution in [1.29, 1.82) is 0 Å². The molecule has 0 spiro atoms. The average molecular weight is 170 g/mol. The number of hydrogen-bond donors (Lipinski definition) is 1. The molecule has 0 amide bonds. The van der Waals surface area contributed by atoms with Gasteiger partial charge in [0.05, 0.1) is 12.7 Å². The molecule has 0 saturated heterocycles. The summed E-state index contributed by atoms with van der Waals surface area (Å²) in [6.45, 7) is 0. The Balaban J connectivity index is 2.91. The second-order valence-electron chi connectivity index (χ2n) is 2.00. The predicted octanol–water partition coefficient (Wildman–Crippen LogP) is 0.764. The highest BCUT2D eigenvalue weighted by Crippen LogP contribution is 2.08. The van der Waals surface area contributed by atoms with E-state index in [1.54, 1.807) is 0 Å². The molecule has 0 radical (unpaired) electrons. The van der Waals surface area contributed by atoms with Crippen LogP contribution in [0.25, 0.3) is 0 Å². The summed E-state index contributed by atoms with van der Waals surface area (Å²) in [5.74, 6) is -1.95. The minimum atomic E-state index is -1.14. The van der Waals surface area contributed by atoms with Gasteiger partial charge in [0.2, 0.25) is 5.76 Å². The number of carboxylic acids is 1. The molecule has 1 aromatic rings. The maximum absolute atomic E-state index is 10.7. The van der Waals surface area contributed by atoms with Crippen LogP contribution in [-0.4, -0.2) is 24.2 Å². The van der Waals surface area contributed by atoms with Crippen LogP contribution in [0.5, 0.6) is 0 Å². The van der Waals surface area contributed by atoms with E-state index in [9.17, 15) is 9.59 Å². The van der Waals surface area contributed by atoms with Crippen molar-refractivity contribution in [2.75, 3.05) is 7.11 Å². The summed E-state index contributed by atoms with van der Waals surface area (Å²) in [4.78, 5) is 21.1. The van der Waals surface area contributed by atoms with Gasteiger partial charge >= 0.3 is 11.9 Å². The Morgan fingerprint density at radius 3 is 2.67 bits per heavy atom. The van der Waals surface area contributed by atoms with E-state index in [4.69, 9.17) is 5.11 Å². The fourth-order valence-electron chi connectivity index (χ4n) is 0.656. The van der Waals surface area contributed by atoms with E-state index in [0.717, 1.165) is 12.3 Å². The lowest BCUT2D eigenvalue weighted by Gasteiger charge is -1.89. The van der Waals surface area contributed by atoms with E-state index in [1.165, 1.54) is 7.11 Å². The molecule has 1 rings (SSSR count). The number of rotatable bonds is 2. The molecule has 5 heteroatoms. The van der Waals surface area contributed by atoms with Crippen molar-refractivity contribution in [3.63, 3.8) is 0 Å². The van der Waals surface area contributed by atoms with E-state index >= 15 is 0 Å². The monoisotopic (exact) mass is 170 g/mol. The zero-order valence-corrected chi connectivity index (χ0v) is 6.23. The zero-order chi connectivity index (χ0) is 9.14. The molecule has 0 bridgehead atoms. The standard InChI is InChI=1S/C7H6O5/c1-11-7(10)5-2-4(3-12-5)6(8)9/h2-3H,1H3,(H,8,9). The van der Waals surface area contributed by atoms with Crippen molar-refractivity contribution in [2.45, 2.75) is 0 Å². The third kappa shape index (κ3) is 1.45. The van der Waals surface area contributed by atoms with Gasteiger partial charge in [-0.2, -0.15) is 0 Å². The first-order chi connectivity index (χ1) is 5.65. The first-order valence-corrected chi connectivity index (χ1v) is 3.05. The summed E-state index contributed by atoms with van der Waals surface area (Å²) in [6.07, 6.45) is 0.981. The molecule has 1 heterocycles. The number of methoxy groups -OCH3 is 1. The second-order valence-corrected chi connectivity index (χ2v) is 2.00. The van der Waals surface area contributed by atoms with Crippen LogP contribution in [-0.2, 0) is 4.74 Å². The van der Waals surface area contributed by atoms with E-state index in [-0.39, 0.29) is 11.3 Å². The van der Waals surface area contributed by atoms with Crippen LogP contribution in [0.15, 0.2) is 16.7 Å². The summed E-state index contributed by atoms with van der Waals surface area (Å²) < 4.78 is 8.93. The fraction of sp³-hybridized carbons (Fsp3) is 0.143. The minimum absolute atomic E-state index is 0.0737. The van der Waals surface area contributed by atoms with Gasteiger partial charge in [0.25, 0.3) is 0 Å². The number of hydrogen-bond acceptors (Lipinski definition) is 4. The van der Waals surface area contributed by atoms with Gasteiger partial charge in [-0.25, -0.2) is 9.59 Å². The SMILES string of the molecule is COC(=O)c1cc(C(=O)O)co1. The van der Waals surface area contributed by atoms with Gasteiger partial charge in [-0.05, 0) is 0 Å². The third-order valence-electron chi connectivity index (χ3n) is 1.23. The van der Waals surface area contributed by atoms with Crippen molar-refractivity contribution in [3.05, 3.63) is 23.7 Å². The Morgan fingerprint density at radius 1 is 1.58 bits per heavy atom. The van der Waals surface area contributed by atoms with Crippen molar-refractivity contribution < 1.29 is 23.8 Å². The Morgan fingerprint density at radius 2 is 2.25 bits per heavy atom. The lowest BCUT2D eigenvalue weighted by Crippen LogP contribution is -1.99. The van der Waals surface area contributed by atoms with Crippen LogP contribution < -0.4 is 0 Å². The molecule has 0 aliphatic carbocycles. The molecule has 0 atom stereocenters. The molecule has 0 aromatic carbocycles. The van der Waals surface area contributed by atoms with E-state index in [1.807, 2.05) is 0 Å². The smallest absolute Gasteiger partial charge is 0.373 e. The molecular formula is C7H6O5. The molecule has 12 heavy (non-hydrogen) atoms. The van der Waals surface area contributed by atoms with Crippen LogP contribution in [0.3, 0.4) is 0 Å². The van der Waals surface area contributed by atoms with E-state index in [0.29, 0.717) is 0 Å². The van der Waals surface area contributed by atoms with Crippen molar-refractivity contribution in [2.24, 2.45) is 0 Å².